The van der Waals surface area contributed by atoms with Gasteiger partial charge in [0.1, 0.15) is 18.4 Å². The molecule has 0 saturated heterocycles. The van der Waals surface area contributed by atoms with Gasteiger partial charge in [-0.3, -0.25) is 4.79 Å². The zero-order valence-electron chi connectivity index (χ0n) is 10.8. The lowest BCUT2D eigenvalue weighted by molar-refractivity contribution is -0.274. The van der Waals surface area contributed by atoms with Crippen molar-refractivity contribution < 1.29 is 22.7 Å². The number of alkyl halides is 3. The normalized spacial score (nSPS) is 12.3. The smallest absolute Gasteiger partial charge is 0.406 e. The zero-order valence-corrected chi connectivity index (χ0v) is 10.8. The van der Waals surface area contributed by atoms with Crippen LogP contribution in [-0.4, -0.2) is 27.4 Å². The van der Waals surface area contributed by atoms with Crippen molar-refractivity contribution in [2.75, 3.05) is 0 Å². The molecule has 1 aromatic heterocycles. The molecule has 5 nitrogen and oxygen atoms in total. The molecule has 0 amide bonds. The van der Waals surface area contributed by atoms with Gasteiger partial charge in [0.2, 0.25) is 0 Å². The molecule has 0 radical (unpaired) electrons. The summed E-state index contributed by atoms with van der Waals surface area (Å²) in [5.41, 5.74) is 1.10. The number of carbonyl (C=O) groups excluding carboxylic acids is 1. The van der Waals surface area contributed by atoms with Gasteiger partial charge in [0.25, 0.3) is 0 Å². The van der Waals surface area contributed by atoms with Crippen LogP contribution >= 0.6 is 0 Å². The quantitative estimate of drug-likeness (QED) is 0.643. The van der Waals surface area contributed by atoms with Crippen molar-refractivity contribution in [2.45, 2.75) is 13.3 Å². The van der Waals surface area contributed by atoms with Gasteiger partial charge in [-0.25, -0.2) is 9.67 Å². The van der Waals surface area contributed by atoms with Crippen LogP contribution in [0.5, 0.6) is 5.75 Å². The van der Waals surface area contributed by atoms with Crippen molar-refractivity contribution >= 4 is 11.9 Å². The molecule has 0 N–H and O–H groups in total. The topological polar surface area (TPSA) is 57.0 Å². The summed E-state index contributed by atoms with van der Waals surface area (Å²) < 4.78 is 41.3. The van der Waals surface area contributed by atoms with Gasteiger partial charge < -0.3 is 4.74 Å². The molecule has 1 heterocycles. The monoisotopic (exact) mass is 297 g/mol. The molecule has 2 rings (SSSR count). The Hall–Kier alpha value is -2.64. The molecule has 0 fully saturated rings. The molecule has 21 heavy (non-hydrogen) atoms. The summed E-state index contributed by atoms with van der Waals surface area (Å²) in [5, 5.41) is 4.12. The first-order chi connectivity index (χ1) is 9.89. The fraction of sp³-hybridized carbons (Fsp3) is 0.154. The first-order valence-electron chi connectivity index (χ1n) is 5.79. The van der Waals surface area contributed by atoms with Gasteiger partial charge in [-0.1, -0.05) is 0 Å². The van der Waals surface area contributed by atoms with Crippen molar-refractivity contribution in [2.24, 2.45) is 0 Å². The highest BCUT2D eigenvalue weighted by atomic mass is 19.4. The van der Waals surface area contributed by atoms with Gasteiger partial charge >= 0.3 is 6.36 Å². The first-order valence-corrected chi connectivity index (χ1v) is 5.79. The Morgan fingerprint density at radius 2 is 1.95 bits per heavy atom. The number of carbonyl (C=O) groups is 1. The number of rotatable bonds is 4. The molecule has 0 spiro atoms. The lowest BCUT2D eigenvalue weighted by Crippen LogP contribution is -2.17. The predicted octanol–water partition coefficient (Wildman–Crippen LogP) is 2.77. The number of benzene rings is 1. The predicted molar refractivity (Wildman–Crippen MR) is 67.8 cm³/mol. The highest BCUT2D eigenvalue weighted by molar-refractivity contribution is 5.78. The van der Waals surface area contributed by atoms with E-state index in [2.05, 4.69) is 14.8 Å². The van der Waals surface area contributed by atoms with E-state index in [0.29, 0.717) is 23.4 Å². The van der Waals surface area contributed by atoms with Crippen LogP contribution in [0.4, 0.5) is 13.2 Å². The number of halogens is 3. The Balaban J connectivity index is 2.20. The van der Waals surface area contributed by atoms with Crippen molar-refractivity contribution in [3.05, 3.63) is 42.5 Å². The van der Waals surface area contributed by atoms with Crippen LogP contribution in [0.15, 0.2) is 36.7 Å². The van der Waals surface area contributed by atoms with Crippen LogP contribution in [-0.2, 0) is 4.79 Å². The summed E-state index contributed by atoms with van der Waals surface area (Å²) in [6.07, 6.45) is -1.38. The van der Waals surface area contributed by atoms with E-state index in [1.807, 2.05) is 0 Å². The number of hydrogen-bond acceptors (Lipinski definition) is 4. The number of hydrogen-bond donors (Lipinski definition) is 0. The molecule has 0 saturated carbocycles. The lowest BCUT2D eigenvalue weighted by Gasteiger charge is -2.09. The maximum absolute atomic E-state index is 12.0. The maximum atomic E-state index is 12.0. The van der Waals surface area contributed by atoms with Crippen molar-refractivity contribution in [3.63, 3.8) is 0 Å². The average Bonchev–Trinajstić information content (AvgIpc) is 2.87. The second kappa shape index (κ2) is 5.78. The standard InChI is InChI=1S/C13H10F3N3O2/c1-9(6-7-20)12-17-8-19(18-12)10-2-4-11(5-3-10)21-13(14,15)16/h2-8H,1H3/b9-6+. The van der Waals surface area contributed by atoms with E-state index < -0.39 is 6.36 Å². The number of aldehydes is 1. The average molecular weight is 297 g/mol. The summed E-state index contributed by atoms with van der Waals surface area (Å²) in [6.45, 7) is 1.67. The Kier molecular flexibility index (Phi) is 4.06. The molecule has 1 aromatic carbocycles. The lowest BCUT2D eigenvalue weighted by atomic mass is 10.3. The van der Waals surface area contributed by atoms with E-state index in [0.717, 1.165) is 0 Å². The molecule has 0 atom stereocenters. The number of aromatic nitrogens is 3. The zero-order chi connectivity index (χ0) is 15.5. The van der Waals surface area contributed by atoms with Gasteiger partial charge in [0, 0.05) is 0 Å². The molecule has 0 aliphatic heterocycles. The Labute approximate surface area is 117 Å². The number of nitrogens with zero attached hydrogens (tertiary/aromatic N) is 3. The van der Waals surface area contributed by atoms with Crippen LogP contribution in [0.25, 0.3) is 11.3 Å². The fourth-order valence-corrected chi connectivity index (χ4v) is 1.55. The van der Waals surface area contributed by atoms with Crippen LogP contribution in [0, 0.1) is 0 Å². The van der Waals surface area contributed by atoms with Gasteiger partial charge in [-0.05, 0) is 42.8 Å². The van der Waals surface area contributed by atoms with Gasteiger partial charge in [-0.2, -0.15) is 0 Å². The van der Waals surface area contributed by atoms with Gasteiger partial charge in [0.15, 0.2) is 5.82 Å². The van der Waals surface area contributed by atoms with E-state index in [-0.39, 0.29) is 5.75 Å². The third-order valence-electron chi connectivity index (χ3n) is 2.50. The molecule has 0 aliphatic rings. The third kappa shape index (κ3) is 3.91. The van der Waals surface area contributed by atoms with Crippen molar-refractivity contribution in [3.8, 4) is 11.4 Å². The molecule has 110 valence electrons. The molecular weight excluding hydrogens is 287 g/mol. The third-order valence-corrected chi connectivity index (χ3v) is 2.50. The summed E-state index contributed by atoms with van der Waals surface area (Å²) in [5.74, 6) is 0.0429. The van der Waals surface area contributed by atoms with Gasteiger partial charge in [-0.15, -0.1) is 18.3 Å². The van der Waals surface area contributed by atoms with E-state index in [9.17, 15) is 18.0 Å². The Morgan fingerprint density at radius 3 is 2.52 bits per heavy atom. The second-order valence-electron chi connectivity index (χ2n) is 4.04. The molecule has 0 bridgehead atoms. The Bertz CT molecular complexity index is 660. The summed E-state index contributed by atoms with van der Waals surface area (Å²) in [6, 6.07) is 5.19. The second-order valence-corrected chi connectivity index (χ2v) is 4.04. The fourth-order valence-electron chi connectivity index (χ4n) is 1.55. The summed E-state index contributed by atoms with van der Waals surface area (Å²) in [7, 11) is 0. The minimum Gasteiger partial charge on any atom is -0.406 e. The summed E-state index contributed by atoms with van der Waals surface area (Å²) in [4.78, 5) is 14.4. The SMILES string of the molecule is C/C(=C\C=O)c1ncn(-c2ccc(OC(F)(F)F)cc2)n1. The minimum absolute atomic E-state index is 0.316. The number of allylic oxidation sites excluding steroid dienone is 2. The Morgan fingerprint density at radius 1 is 1.29 bits per heavy atom. The number of ether oxygens (including phenoxy) is 1. The summed E-state index contributed by atoms with van der Waals surface area (Å²) >= 11 is 0. The molecule has 2 aromatic rings. The highest BCUT2D eigenvalue weighted by Gasteiger charge is 2.30. The van der Waals surface area contributed by atoms with E-state index >= 15 is 0 Å². The van der Waals surface area contributed by atoms with Crippen molar-refractivity contribution in [1.82, 2.24) is 14.8 Å². The van der Waals surface area contributed by atoms with Crippen molar-refractivity contribution in [1.29, 1.82) is 0 Å². The van der Waals surface area contributed by atoms with Gasteiger partial charge in [0.05, 0.1) is 5.69 Å². The largest absolute Gasteiger partial charge is 0.573 e. The first kappa shape index (κ1) is 14.8. The van der Waals surface area contributed by atoms with Crippen LogP contribution < -0.4 is 4.74 Å². The molecular formula is C13H10F3N3O2. The van der Waals surface area contributed by atoms with E-state index in [1.54, 1.807) is 6.92 Å². The van der Waals surface area contributed by atoms with Crippen LogP contribution in [0.2, 0.25) is 0 Å². The molecule has 0 aliphatic carbocycles. The van der Waals surface area contributed by atoms with E-state index in [4.69, 9.17) is 0 Å². The minimum atomic E-state index is -4.72. The highest BCUT2D eigenvalue weighted by Crippen LogP contribution is 2.23. The molecule has 0 unspecified atom stereocenters. The molecule has 8 heteroatoms. The maximum Gasteiger partial charge on any atom is 0.573 e. The van der Waals surface area contributed by atoms with E-state index in [1.165, 1.54) is 41.4 Å². The van der Waals surface area contributed by atoms with Crippen LogP contribution in [0.3, 0.4) is 0 Å². The van der Waals surface area contributed by atoms with Crippen LogP contribution in [0.1, 0.15) is 12.7 Å².